The van der Waals surface area contributed by atoms with E-state index in [9.17, 15) is 8.42 Å². The van der Waals surface area contributed by atoms with Crippen molar-refractivity contribution < 1.29 is 8.42 Å². The Morgan fingerprint density at radius 3 is 2.55 bits per heavy atom. The summed E-state index contributed by atoms with van der Waals surface area (Å²) in [6.45, 7) is 3.04. The summed E-state index contributed by atoms with van der Waals surface area (Å²) in [7, 11) is -1.70. The molecule has 0 amide bonds. The fraction of sp³-hybridized carbons (Fsp3) is 0.462. The molecule has 1 fully saturated rings. The van der Waals surface area contributed by atoms with Crippen molar-refractivity contribution in [2.45, 2.75) is 29.6 Å². The molecule has 20 heavy (non-hydrogen) atoms. The molecule has 0 atom stereocenters. The lowest BCUT2D eigenvalue weighted by Gasteiger charge is -2.16. The van der Waals surface area contributed by atoms with Gasteiger partial charge < -0.3 is 5.32 Å². The standard InChI is InChI=1S/C13H19N3O2S2/c1-10(14-2)15-12-6-5-11(9-13(12)19)20(17,18)16-7-3-4-8-16/h5-6,9,19H,3-4,7-8H2,1-2H3,(H,14,15). The SMILES string of the molecule is CN=C(C)Nc1ccc(S(=O)(=O)N2CCCC2)cc1S. The molecule has 0 unspecified atom stereocenters. The molecule has 0 spiro atoms. The van der Waals surface area contributed by atoms with Crippen molar-refractivity contribution in [3.05, 3.63) is 18.2 Å². The quantitative estimate of drug-likeness (QED) is 0.511. The summed E-state index contributed by atoms with van der Waals surface area (Å²) in [6, 6.07) is 4.92. The highest BCUT2D eigenvalue weighted by atomic mass is 32.2. The van der Waals surface area contributed by atoms with Gasteiger partial charge in [0, 0.05) is 25.0 Å². The molecule has 0 saturated carbocycles. The minimum absolute atomic E-state index is 0.293. The average molecular weight is 313 g/mol. The molecule has 1 N–H and O–H groups in total. The molecular formula is C13H19N3O2S2. The van der Waals surface area contributed by atoms with E-state index in [1.807, 2.05) is 6.92 Å². The van der Waals surface area contributed by atoms with Crippen LogP contribution >= 0.6 is 12.6 Å². The molecule has 0 radical (unpaired) electrons. The summed E-state index contributed by atoms with van der Waals surface area (Å²) in [5.41, 5.74) is 0.747. The summed E-state index contributed by atoms with van der Waals surface area (Å²) in [6.07, 6.45) is 1.86. The van der Waals surface area contributed by atoms with Crippen molar-refractivity contribution in [3.8, 4) is 0 Å². The molecule has 7 heteroatoms. The highest BCUT2D eigenvalue weighted by Crippen LogP contribution is 2.27. The fourth-order valence-electron chi connectivity index (χ4n) is 2.11. The van der Waals surface area contributed by atoms with Gasteiger partial charge in [-0.2, -0.15) is 4.31 Å². The van der Waals surface area contributed by atoms with Crippen LogP contribution in [0, 0.1) is 0 Å². The first-order valence-electron chi connectivity index (χ1n) is 6.48. The second kappa shape index (κ2) is 6.15. The third-order valence-electron chi connectivity index (χ3n) is 3.32. The molecular weight excluding hydrogens is 294 g/mol. The number of hydrogen-bond donors (Lipinski definition) is 2. The molecule has 1 aromatic rings. The maximum absolute atomic E-state index is 12.4. The Bertz CT molecular complexity index is 621. The van der Waals surface area contributed by atoms with Gasteiger partial charge in [-0.15, -0.1) is 12.6 Å². The van der Waals surface area contributed by atoms with Crippen LogP contribution in [0.15, 0.2) is 33.0 Å². The number of hydrogen-bond acceptors (Lipinski definition) is 4. The van der Waals surface area contributed by atoms with E-state index < -0.39 is 10.0 Å². The van der Waals surface area contributed by atoms with Gasteiger partial charge in [0.2, 0.25) is 10.0 Å². The first kappa shape index (κ1) is 15.3. The normalized spacial score (nSPS) is 17.4. The van der Waals surface area contributed by atoms with Crippen molar-refractivity contribution in [3.63, 3.8) is 0 Å². The third kappa shape index (κ3) is 3.16. The van der Waals surface area contributed by atoms with E-state index in [0.29, 0.717) is 22.9 Å². The van der Waals surface area contributed by atoms with Gasteiger partial charge in [-0.1, -0.05) is 0 Å². The number of amidine groups is 1. The van der Waals surface area contributed by atoms with Crippen LogP contribution in [0.25, 0.3) is 0 Å². The Labute approximate surface area is 125 Å². The Morgan fingerprint density at radius 2 is 2.00 bits per heavy atom. The van der Waals surface area contributed by atoms with Crippen LogP contribution in [0.4, 0.5) is 5.69 Å². The zero-order valence-corrected chi connectivity index (χ0v) is 13.3. The minimum Gasteiger partial charge on any atom is -0.343 e. The second-order valence-electron chi connectivity index (χ2n) is 4.72. The smallest absolute Gasteiger partial charge is 0.243 e. The number of sulfonamides is 1. The predicted molar refractivity (Wildman–Crippen MR) is 84.3 cm³/mol. The Morgan fingerprint density at radius 1 is 1.35 bits per heavy atom. The number of nitrogens with zero attached hydrogens (tertiary/aromatic N) is 2. The fourth-order valence-corrected chi connectivity index (χ4v) is 4.01. The van der Waals surface area contributed by atoms with E-state index in [1.54, 1.807) is 25.2 Å². The van der Waals surface area contributed by atoms with E-state index in [2.05, 4.69) is 22.9 Å². The van der Waals surface area contributed by atoms with Gasteiger partial charge in [0.15, 0.2) is 0 Å². The number of thiol groups is 1. The topological polar surface area (TPSA) is 61.8 Å². The van der Waals surface area contributed by atoms with Gasteiger partial charge in [0.05, 0.1) is 16.4 Å². The monoisotopic (exact) mass is 313 g/mol. The summed E-state index contributed by atoms with van der Waals surface area (Å²) in [5, 5.41) is 3.07. The lowest BCUT2D eigenvalue weighted by Crippen LogP contribution is -2.27. The summed E-state index contributed by atoms with van der Waals surface area (Å²) in [4.78, 5) is 4.89. The van der Waals surface area contributed by atoms with Crippen LogP contribution in [-0.2, 0) is 10.0 Å². The molecule has 1 heterocycles. The van der Waals surface area contributed by atoms with E-state index in [-0.39, 0.29) is 0 Å². The van der Waals surface area contributed by atoms with Gasteiger partial charge in [-0.25, -0.2) is 8.42 Å². The van der Waals surface area contributed by atoms with Gasteiger partial charge in [-0.05, 0) is 38.0 Å². The molecule has 0 bridgehead atoms. The van der Waals surface area contributed by atoms with Gasteiger partial charge >= 0.3 is 0 Å². The largest absolute Gasteiger partial charge is 0.343 e. The lowest BCUT2D eigenvalue weighted by atomic mass is 10.3. The van der Waals surface area contributed by atoms with Crippen molar-refractivity contribution in [2.24, 2.45) is 4.99 Å². The summed E-state index contributed by atoms with van der Waals surface area (Å²) in [5.74, 6) is 0.746. The highest BCUT2D eigenvalue weighted by Gasteiger charge is 2.27. The molecule has 110 valence electrons. The maximum Gasteiger partial charge on any atom is 0.243 e. The van der Waals surface area contributed by atoms with Crippen molar-refractivity contribution >= 4 is 34.2 Å². The van der Waals surface area contributed by atoms with Crippen LogP contribution in [0.1, 0.15) is 19.8 Å². The Kier molecular flexibility index (Phi) is 4.72. The lowest BCUT2D eigenvalue weighted by molar-refractivity contribution is 0.477. The Balaban J connectivity index is 2.29. The molecule has 1 aromatic carbocycles. The van der Waals surface area contributed by atoms with Crippen LogP contribution in [-0.4, -0.2) is 38.7 Å². The minimum atomic E-state index is -3.39. The molecule has 0 aromatic heterocycles. The molecule has 5 nitrogen and oxygen atoms in total. The van der Waals surface area contributed by atoms with Gasteiger partial charge in [-0.3, -0.25) is 4.99 Å². The van der Waals surface area contributed by atoms with Crippen molar-refractivity contribution in [1.82, 2.24) is 4.31 Å². The number of nitrogens with one attached hydrogen (secondary N) is 1. The first-order chi connectivity index (χ1) is 9.45. The zero-order valence-electron chi connectivity index (χ0n) is 11.6. The number of benzene rings is 1. The number of aliphatic imine (C=N–C) groups is 1. The average Bonchev–Trinajstić information content (AvgIpc) is 2.95. The zero-order chi connectivity index (χ0) is 14.8. The van der Waals surface area contributed by atoms with Crippen LogP contribution in [0.3, 0.4) is 0 Å². The number of anilines is 1. The summed E-state index contributed by atoms with van der Waals surface area (Å²) < 4.78 is 26.4. The highest BCUT2D eigenvalue weighted by molar-refractivity contribution is 7.89. The second-order valence-corrected chi connectivity index (χ2v) is 7.14. The maximum atomic E-state index is 12.4. The Hall–Kier alpha value is -1.05. The predicted octanol–water partition coefficient (Wildman–Crippen LogP) is 2.22. The van der Waals surface area contributed by atoms with Gasteiger partial charge in [0.1, 0.15) is 0 Å². The van der Waals surface area contributed by atoms with Gasteiger partial charge in [0.25, 0.3) is 0 Å². The first-order valence-corrected chi connectivity index (χ1v) is 8.37. The van der Waals surface area contributed by atoms with Crippen LogP contribution < -0.4 is 5.32 Å². The molecule has 0 aliphatic carbocycles. The molecule has 1 aliphatic rings. The van der Waals surface area contributed by atoms with Crippen LogP contribution in [0.2, 0.25) is 0 Å². The van der Waals surface area contributed by atoms with Crippen LogP contribution in [0.5, 0.6) is 0 Å². The van der Waals surface area contributed by atoms with Crippen molar-refractivity contribution in [2.75, 3.05) is 25.5 Å². The molecule has 1 saturated heterocycles. The summed E-state index contributed by atoms with van der Waals surface area (Å²) >= 11 is 4.36. The number of rotatable bonds is 3. The molecule has 1 aliphatic heterocycles. The van der Waals surface area contributed by atoms with E-state index in [1.165, 1.54) is 4.31 Å². The molecule has 2 rings (SSSR count). The van der Waals surface area contributed by atoms with E-state index in [4.69, 9.17) is 0 Å². The van der Waals surface area contributed by atoms with Crippen molar-refractivity contribution in [1.29, 1.82) is 0 Å². The van der Waals surface area contributed by atoms with E-state index in [0.717, 1.165) is 24.4 Å². The third-order valence-corrected chi connectivity index (χ3v) is 5.59. The van der Waals surface area contributed by atoms with E-state index >= 15 is 0 Å².